The third-order valence-electron chi connectivity index (χ3n) is 3.79. The van der Waals surface area contributed by atoms with Crippen molar-refractivity contribution in [3.63, 3.8) is 0 Å². The van der Waals surface area contributed by atoms with Crippen molar-refractivity contribution in [2.45, 2.75) is 6.92 Å². The number of nitrogens with zero attached hydrogens (tertiary/aromatic N) is 3. The van der Waals surface area contributed by atoms with Crippen molar-refractivity contribution in [3.8, 4) is 22.9 Å². The van der Waals surface area contributed by atoms with E-state index < -0.39 is 0 Å². The molecule has 0 spiro atoms. The van der Waals surface area contributed by atoms with Crippen molar-refractivity contribution in [1.29, 1.82) is 0 Å². The first-order chi connectivity index (χ1) is 12.1. The number of hydrogen-bond acceptors (Lipinski definition) is 5. The van der Waals surface area contributed by atoms with Crippen LogP contribution in [0.25, 0.3) is 11.4 Å². The predicted molar refractivity (Wildman–Crippen MR) is 100 cm³/mol. The largest absolute Gasteiger partial charge is 0.497 e. The van der Waals surface area contributed by atoms with Crippen molar-refractivity contribution in [2.75, 3.05) is 14.2 Å². The summed E-state index contributed by atoms with van der Waals surface area (Å²) in [6.07, 6.45) is 1.68. The second-order valence-corrected chi connectivity index (χ2v) is 5.72. The van der Waals surface area contributed by atoms with Gasteiger partial charge in [-0.2, -0.15) is 14.9 Å². The highest BCUT2D eigenvalue weighted by molar-refractivity contribution is 7.71. The fraction of sp³-hybridized carbons (Fsp3) is 0.167. The maximum atomic E-state index is 5.37. The Morgan fingerprint density at radius 1 is 1.16 bits per heavy atom. The molecule has 1 heterocycles. The number of methoxy groups -OCH3 is 2. The molecule has 0 bridgehead atoms. The van der Waals surface area contributed by atoms with Gasteiger partial charge in [0.25, 0.3) is 0 Å². The minimum absolute atomic E-state index is 0.413. The maximum Gasteiger partial charge on any atom is 0.216 e. The molecule has 0 atom stereocenters. The van der Waals surface area contributed by atoms with Gasteiger partial charge in [0.2, 0.25) is 4.77 Å². The van der Waals surface area contributed by atoms with E-state index in [1.54, 1.807) is 25.1 Å². The van der Waals surface area contributed by atoms with Crippen LogP contribution >= 0.6 is 12.2 Å². The van der Waals surface area contributed by atoms with E-state index in [0.29, 0.717) is 16.3 Å². The molecule has 3 rings (SSSR count). The van der Waals surface area contributed by atoms with Crippen molar-refractivity contribution in [3.05, 3.63) is 58.4 Å². The van der Waals surface area contributed by atoms with Gasteiger partial charge in [0, 0.05) is 11.1 Å². The highest BCUT2D eigenvalue weighted by Crippen LogP contribution is 2.24. The maximum absolute atomic E-state index is 5.37. The van der Waals surface area contributed by atoms with Crippen molar-refractivity contribution in [2.24, 2.45) is 5.10 Å². The number of aromatic nitrogens is 3. The van der Waals surface area contributed by atoms with E-state index in [9.17, 15) is 0 Å². The molecule has 0 radical (unpaired) electrons. The molecule has 3 aromatic rings. The van der Waals surface area contributed by atoms with Gasteiger partial charge >= 0.3 is 0 Å². The fourth-order valence-electron chi connectivity index (χ4n) is 2.46. The van der Waals surface area contributed by atoms with E-state index in [4.69, 9.17) is 21.7 Å². The van der Waals surface area contributed by atoms with E-state index in [2.05, 4.69) is 15.3 Å². The smallest absolute Gasteiger partial charge is 0.216 e. The summed E-state index contributed by atoms with van der Waals surface area (Å²) in [4.78, 5) is 0. The van der Waals surface area contributed by atoms with Crippen LogP contribution in [0.1, 0.15) is 11.1 Å². The highest BCUT2D eigenvalue weighted by atomic mass is 32.1. The van der Waals surface area contributed by atoms with Gasteiger partial charge in [-0.1, -0.05) is 24.3 Å². The van der Waals surface area contributed by atoms with E-state index in [0.717, 1.165) is 22.4 Å². The van der Waals surface area contributed by atoms with Gasteiger partial charge in [0.05, 0.1) is 20.4 Å². The molecule has 0 fully saturated rings. The number of ether oxygens (including phenoxy) is 2. The molecule has 6 nitrogen and oxygen atoms in total. The van der Waals surface area contributed by atoms with E-state index >= 15 is 0 Å². The molecule has 0 saturated heterocycles. The van der Waals surface area contributed by atoms with Gasteiger partial charge < -0.3 is 9.47 Å². The third-order valence-corrected chi connectivity index (χ3v) is 4.05. The lowest BCUT2D eigenvalue weighted by molar-refractivity contribution is 0.402. The van der Waals surface area contributed by atoms with Crippen molar-refractivity contribution < 1.29 is 9.47 Å². The summed E-state index contributed by atoms with van der Waals surface area (Å²) < 4.78 is 12.6. The average molecular weight is 354 g/mol. The summed E-state index contributed by atoms with van der Waals surface area (Å²) in [5, 5.41) is 11.6. The lowest BCUT2D eigenvalue weighted by atomic mass is 10.1. The van der Waals surface area contributed by atoms with Crippen LogP contribution in [0.3, 0.4) is 0 Å². The summed E-state index contributed by atoms with van der Waals surface area (Å²) in [7, 11) is 3.23. The van der Waals surface area contributed by atoms with Crippen LogP contribution in [-0.4, -0.2) is 35.3 Å². The van der Waals surface area contributed by atoms with Crippen molar-refractivity contribution in [1.82, 2.24) is 14.9 Å². The minimum Gasteiger partial charge on any atom is -0.497 e. The molecule has 0 amide bonds. The molecule has 128 valence electrons. The number of aromatic amines is 1. The zero-order chi connectivity index (χ0) is 17.8. The monoisotopic (exact) mass is 354 g/mol. The molecular formula is C18H18N4O2S. The molecule has 0 aliphatic heterocycles. The lowest BCUT2D eigenvalue weighted by Gasteiger charge is -2.07. The Bertz CT molecular complexity index is 975. The lowest BCUT2D eigenvalue weighted by Crippen LogP contribution is -1.98. The molecule has 1 N–H and O–H groups in total. The third kappa shape index (κ3) is 3.46. The molecular weight excluding hydrogens is 336 g/mol. The van der Waals surface area contributed by atoms with Crippen molar-refractivity contribution >= 4 is 18.4 Å². The van der Waals surface area contributed by atoms with Gasteiger partial charge in [-0.15, -0.1) is 0 Å². The predicted octanol–water partition coefficient (Wildman–Crippen LogP) is 3.82. The van der Waals surface area contributed by atoms with Crippen LogP contribution in [0.15, 0.2) is 47.6 Å². The number of rotatable bonds is 5. The Morgan fingerprint density at radius 2 is 1.96 bits per heavy atom. The Balaban J connectivity index is 2.05. The number of benzene rings is 2. The summed E-state index contributed by atoms with van der Waals surface area (Å²) >= 11 is 5.32. The number of hydrogen-bond donors (Lipinski definition) is 1. The van der Waals surface area contributed by atoms with Crippen LogP contribution in [0.5, 0.6) is 11.5 Å². The molecule has 7 heteroatoms. The fourth-order valence-corrected chi connectivity index (χ4v) is 2.64. The quantitative estimate of drug-likeness (QED) is 0.559. The first-order valence-electron chi connectivity index (χ1n) is 7.64. The highest BCUT2D eigenvalue weighted by Gasteiger charge is 2.10. The van der Waals surface area contributed by atoms with Gasteiger partial charge in [-0.05, 0) is 42.9 Å². The van der Waals surface area contributed by atoms with Crippen LogP contribution in [0, 0.1) is 11.7 Å². The number of H-pyrrole nitrogens is 1. The van der Waals surface area contributed by atoms with E-state index in [1.165, 1.54) is 0 Å². The molecule has 0 aliphatic rings. The van der Waals surface area contributed by atoms with E-state index in [-0.39, 0.29) is 0 Å². The summed E-state index contributed by atoms with van der Waals surface area (Å²) in [5.41, 5.74) is 2.83. The number of aryl methyl sites for hydroxylation is 1. The summed E-state index contributed by atoms with van der Waals surface area (Å²) in [6.45, 7) is 2.02. The SMILES string of the molecule is COc1ccc(OC)c(C=Nn2c(-c3ccccc3C)n[nH]c2=S)c1. The second-order valence-electron chi connectivity index (χ2n) is 5.33. The van der Waals surface area contributed by atoms with Gasteiger partial charge in [-0.3, -0.25) is 0 Å². The molecule has 0 aliphatic carbocycles. The summed E-state index contributed by atoms with van der Waals surface area (Å²) in [6, 6.07) is 13.5. The molecule has 25 heavy (non-hydrogen) atoms. The Kier molecular flexibility index (Phi) is 4.95. The van der Waals surface area contributed by atoms with E-state index in [1.807, 2.05) is 49.4 Å². The molecule has 2 aromatic carbocycles. The first-order valence-corrected chi connectivity index (χ1v) is 8.04. The van der Waals surface area contributed by atoms with Crippen LogP contribution in [-0.2, 0) is 0 Å². The zero-order valence-corrected chi connectivity index (χ0v) is 15.0. The van der Waals surface area contributed by atoms with Gasteiger partial charge in [-0.25, -0.2) is 5.10 Å². The average Bonchev–Trinajstić information content (AvgIpc) is 3.00. The second kappa shape index (κ2) is 7.31. The minimum atomic E-state index is 0.413. The number of nitrogens with one attached hydrogen (secondary N) is 1. The zero-order valence-electron chi connectivity index (χ0n) is 14.2. The van der Waals surface area contributed by atoms with Gasteiger partial charge in [0.1, 0.15) is 11.5 Å². The van der Waals surface area contributed by atoms with Crippen LogP contribution in [0.4, 0.5) is 0 Å². The molecule has 1 aromatic heterocycles. The van der Waals surface area contributed by atoms with Crippen LogP contribution in [0.2, 0.25) is 0 Å². The van der Waals surface area contributed by atoms with Crippen LogP contribution < -0.4 is 9.47 Å². The topological polar surface area (TPSA) is 64.4 Å². The standard InChI is InChI=1S/C18H18N4O2S/c1-12-6-4-5-7-15(12)17-20-21-18(25)22(17)19-11-13-10-14(23-2)8-9-16(13)24-3/h4-11H,1-3H3,(H,21,25). The first kappa shape index (κ1) is 16.9. The molecule has 0 saturated carbocycles. The summed E-state index contributed by atoms with van der Waals surface area (Å²) in [5.74, 6) is 2.07. The Hall–Kier alpha value is -2.93. The Morgan fingerprint density at radius 3 is 2.68 bits per heavy atom. The molecule has 0 unspecified atom stereocenters. The Labute approximate surface area is 150 Å². The normalized spacial score (nSPS) is 11.0. The van der Waals surface area contributed by atoms with Gasteiger partial charge in [0.15, 0.2) is 5.82 Å².